The lowest BCUT2D eigenvalue weighted by Crippen LogP contribution is -2.55. The summed E-state index contributed by atoms with van der Waals surface area (Å²) in [5.41, 5.74) is -2.74. The van der Waals surface area contributed by atoms with Gasteiger partial charge < -0.3 is 34.9 Å². The highest BCUT2D eigenvalue weighted by Gasteiger charge is 2.41. The molecule has 7 N–H and O–H groups in total. The Hall–Kier alpha value is -1.36. The summed E-state index contributed by atoms with van der Waals surface area (Å²) in [7, 11) is -9.11. The molecule has 14 heteroatoms. The number of hydrogen-bond donors (Lipinski definition) is 7. The fraction of sp³-hybridized carbons (Fsp3) is 0.455. The first kappa shape index (κ1) is 23.6. The van der Waals surface area contributed by atoms with Gasteiger partial charge in [0.15, 0.2) is 0 Å². The standard InChI is InChI=1S/C11H19NO11P2/c13-9(14)3-4-11(17,10(15)16)12(5-1-7-24(18,19)20)6-2-8-25(21,22)23/h1-2,7-8,17H,3-6H2,(H,13,14)(H,15,16)(H2,18,19,20)(H2,21,22,23)/t11-/m1/s1. The molecule has 0 aliphatic rings. The van der Waals surface area contributed by atoms with Crippen molar-refractivity contribution in [2.45, 2.75) is 18.6 Å². The van der Waals surface area contributed by atoms with Crippen molar-refractivity contribution in [2.24, 2.45) is 0 Å². The van der Waals surface area contributed by atoms with Gasteiger partial charge in [-0.05, 0) is 0 Å². The van der Waals surface area contributed by atoms with Crippen LogP contribution in [0.4, 0.5) is 0 Å². The highest BCUT2D eigenvalue weighted by atomic mass is 31.2. The van der Waals surface area contributed by atoms with Gasteiger partial charge in [-0.2, -0.15) is 0 Å². The molecular formula is C11H19NO11P2. The van der Waals surface area contributed by atoms with Gasteiger partial charge in [0.05, 0.1) is 6.42 Å². The lowest BCUT2D eigenvalue weighted by atomic mass is 10.1. The second kappa shape index (κ2) is 9.37. The zero-order valence-corrected chi connectivity index (χ0v) is 14.5. The minimum atomic E-state index is -4.55. The molecule has 0 aromatic heterocycles. The van der Waals surface area contributed by atoms with Crippen LogP contribution in [0.2, 0.25) is 0 Å². The SMILES string of the molecule is O=C(O)CC[C@@](O)(C(=O)O)N(CC=CP(=O)(O)O)CC=CP(=O)(O)O. The third-order valence-corrected chi connectivity index (χ3v) is 4.00. The summed E-state index contributed by atoms with van der Waals surface area (Å²) >= 11 is 0. The van der Waals surface area contributed by atoms with Crippen molar-refractivity contribution in [3.05, 3.63) is 23.8 Å². The maximum Gasteiger partial charge on any atom is 0.351 e. The third-order valence-electron chi connectivity index (χ3n) is 2.80. The lowest BCUT2D eigenvalue weighted by Gasteiger charge is -2.34. The second-order valence-electron chi connectivity index (χ2n) is 4.87. The van der Waals surface area contributed by atoms with Crippen molar-refractivity contribution in [3.63, 3.8) is 0 Å². The van der Waals surface area contributed by atoms with E-state index in [1.54, 1.807) is 0 Å². The highest BCUT2D eigenvalue weighted by molar-refractivity contribution is 7.55. The van der Waals surface area contributed by atoms with Gasteiger partial charge in [0.1, 0.15) is 0 Å². The van der Waals surface area contributed by atoms with Crippen molar-refractivity contribution in [1.29, 1.82) is 0 Å². The van der Waals surface area contributed by atoms with Gasteiger partial charge in [-0.25, -0.2) is 4.79 Å². The number of aliphatic carboxylic acids is 2. The van der Waals surface area contributed by atoms with E-state index in [9.17, 15) is 28.9 Å². The van der Waals surface area contributed by atoms with Crippen molar-refractivity contribution < 1.29 is 53.6 Å². The van der Waals surface area contributed by atoms with E-state index in [0.717, 1.165) is 12.2 Å². The molecule has 25 heavy (non-hydrogen) atoms. The molecule has 0 unspecified atom stereocenters. The van der Waals surface area contributed by atoms with Crippen LogP contribution in [0.1, 0.15) is 12.8 Å². The van der Waals surface area contributed by atoms with E-state index in [2.05, 4.69) is 0 Å². The summed E-state index contributed by atoms with van der Waals surface area (Å²) in [5.74, 6) is -2.32. The fourth-order valence-corrected chi connectivity index (χ4v) is 2.42. The summed E-state index contributed by atoms with van der Waals surface area (Å²) in [6.45, 7) is -1.09. The molecule has 0 aliphatic carbocycles. The van der Waals surface area contributed by atoms with Gasteiger partial charge in [0.25, 0.3) is 0 Å². The molecule has 0 saturated carbocycles. The topological polar surface area (TPSA) is 213 Å². The van der Waals surface area contributed by atoms with Crippen LogP contribution in [0.5, 0.6) is 0 Å². The number of carboxylic acid groups (broad SMARTS) is 2. The first-order valence-corrected chi connectivity index (χ1v) is 9.92. The zero-order valence-electron chi connectivity index (χ0n) is 12.7. The van der Waals surface area contributed by atoms with Gasteiger partial charge in [-0.15, -0.1) is 0 Å². The number of carbonyl (C=O) groups is 2. The smallest absolute Gasteiger partial charge is 0.351 e. The Morgan fingerprint density at radius 1 is 0.920 bits per heavy atom. The number of carboxylic acids is 2. The summed E-state index contributed by atoms with van der Waals surface area (Å²) < 4.78 is 21.5. The largest absolute Gasteiger partial charge is 0.481 e. The van der Waals surface area contributed by atoms with Crippen molar-refractivity contribution >= 4 is 27.1 Å². The van der Waals surface area contributed by atoms with Crippen LogP contribution in [-0.2, 0) is 18.7 Å². The van der Waals surface area contributed by atoms with E-state index < -0.39 is 58.8 Å². The molecule has 0 radical (unpaired) electrons. The Kier molecular flexibility index (Phi) is 8.86. The van der Waals surface area contributed by atoms with Crippen LogP contribution in [-0.4, -0.2) is 70.5 Å². The van der Waals surface area contributed by atoms with Gasteiger partial charge >= 0.3 is 27.1 Å². The van der Waals surface area contributed by atoms with Crippen LogP contribution in [0, 0.1) is 0 Å². The van der Waals surface area contributed by atoms with Crippen LogP contribution >= 0.6 is 15.2 Å². The Bertz CT molecular complexity index is 600. The summed E-state index contributed by atoms with van der Waals surface area (Å²) in [6.07, 6.45) is 0.191. The monoisotopic (exact) mass is 403 g/mol. The highest BCUT2D eigenvalue weighted by Crippen LogP contribution is 2.37. The van der Waals surface area contributed by atoms with Crippen molar-refractivity contribution in [1.82, 2.24) is 4.90 Å². The molecule has 0 rings (SSSR count). The third kappa shape index (κ3) is 10.3. The number of rotatable bonds is 11. The molecule has 0 saturated heterocycles. The Balaban J connectivity index is 5.54. The molecule has 0 amide bonds. The molecule has 0 aromatic carbocycles. The molecule has 0 aromatic rings. The normalized spacial score (nSPS) is 15.8. The van der Waals surface area contributed by atoms with Crippen LogP contribution in [0.25, 0.3) is 0 Å². The summed E-state index contributed by atoms with van der Waals surface area (Å²) in [5, 5.41) is 28.1. The average molecular weight is 403 g/mol. The van der Waals surface area contributed by atoms with E-state index in [1.807, 2.05) is 0 Å². The molecule has 0 fully saturated rings. The Labute approximate surface area is 142 Å². The molecule has 144 valence electrons. The van der Waals surface area contributed by atoms with Gasteiger partial charge in [-0.3, -0.25) is 18.8 Å². The van der Waals surface area contributed by atoms with E-state index >= 15 is 0 Å². The maximum atomic E-state index is 11.4. The summed E-state index contributed by atoms with van der Waals surface area (Å²) in [6, 6.07) is 0. The fourth-order valence-electron chi connectivity index (χ4n) is 1.68. The van der Waals surface area contributed by atoms with Gasteiger partial charge in [0.2, 0.25) is 5.72 Å². The first-order chi connectivity index (χ1) is 11.2. The predicted octanol–water partition coefficient (Wildman–Crippen LogP) is -0.691. The quantitative estimate of drug-likeness (QED) is 0.169. The molecule has 0 heterocycles. The predicted molar refractivity (Wildman–Crippen MR) is 83.4 cm³/mol. The molecule has 1 atom stereocenters. The van der Waals surface area contributed by atoms with Crippen molar-refractivity contribution in [3.8, 4) is 0 Å². The van der Waals surface area contributed by atoms with Gasteiger partial charge in [-0.1, -0.05) is 12.2 Å². The average Bonchev–Trinajstić information content (AvgIpc) is 2.40. The van der Waals surface area contributed by atoms with Gasteiger partial charge in [0, 0.05) is 31.1 Å². The Morgan fingerprint density at radius 3 is 1.60 bits per heavy atom. The van der Waals surface area contributed by atoms with Crippen LogP contribution in [0.3, 0.4) is 0 Å². The second-order valence-corrected chi connectivity index (χ2v) is 7.82. The van der Waals surface area contributed by atoms with Crippen LogP contribution in [0.15, 0.2) is 23.8 Å². The minimum Gasteiger partial charge on any atom is -0.481 e. The number of hydrogen-bond acceptors (Lipinski definition) is 6. The van der Waals surface area contributed by atoms with E-state index in [-0.39, 0.29) is 0 Å². The van der Waals surface area contributed by atoms with E-state index in [1.165, 1.54) is 0 Å². The number of aliphatic hydroxyl groups is 1. The molecule has 12 nitrogen and oxygen atoms in total. The summed E-state index contributed by atoms with van der Waals surface area (Å²) in [4.78, 5) is 57.6. The molecule has 0 aliphatic heterocycles. The lowest BCUT2D eigenvalue weighted by molar-refractivity contribution is -0.183. The Morgan fingerprint density at radius 2 is 1.32 bits per heavy atom. The zero-order chi connectivity index (χ0) is 19.9. The van der Waals surface area contributed by atoms with Crippen molar-refractivity contribution in [2.75, 3.05) is 13.1 Å². The first-order valence-electron chi connectivity index (χ1n) is 6.56. The molecule has 0 bridgehead atoms. The minimum absolute atomic E-state index is 0.451. The van der Waals surface area contributed by atoms with E-state index in [0.29, 0.717) is 16.5 Å². The number of nitrogens with zero attached hydrogens (tertiary/aromatic N) is 1. The maximum absolute atomic E-state index is 11.4. The molecular weight excluding hydrogens is 384 g/mol. The van der Waals surface area contributed by atoms with Crippen LogP contribution < -0.4 is 0 Å². The molecule has 0 spiro atoms. The van der Waals surface area contributed by atoms with E-state index in [4.69, 9.17) is 24.7 Å².